The number of nitrogens with one attached hydrogen (secondary N) is 1. The summed E-state index contributed by atoms with van der Waals surface area (Å²) < 4.78 is 0. The van der Waals surface area contributed by atoms with Crippen LogP contribution in [0.4, 0.5) is 0 Å². The highest BCUT2D eigenvalue weighted by molar-refractivity contribution is 7.80. The van der Waals surface area contributed by atoms with E-state index in [0.717, 1.165) is 0 Å². The van der Waals surface area contributed by atoms with Crippen molar-refractivity contribution in [3.63, 3.8) is 0 Å². The third-order valence-electron chi connectivity index (χ3n) is 1.28. The van der Waals surface area contributed by atoms with Crippen LogP contribution in [0, 0.1) is 0 Å². The van der Waals surface area contributed by atoms with E-state index in [2.05, 4.69) is 32.9 Å². The predicted molar refractivity (Wildman–Crippen MR) is 54.2 cm³/mol. The molecule has 1 aromatic rings. The molecular weight excluding hydrogens is 186 g/mol. The molecule has 6 heteroatoms. The Morgan fingerprint density at radius 1 is 1.69 bits per heavy atom. The lowest BCUT2D eigenvalue weighted by Crippen LogP contribution is -2.25. The van der Waals surface area contributed by atoms with Crippen molar-refractivity contribution in [2.75, 3.05) is 0 Å². The molecule has 1 heterocycles. The van der Waals surface area contributed by atoms with E-state index in [0.29, 0.717) is 11.4 Å². The van der Waals surface area contributed by atoms with Crippen LogP contribution in [-0.4, -0.2) is 21.0 Å². The maximum Gasteiger partial charge on any atom is 0.184 e. The van der Waals surface area contributed by atoms with Gasteiger partial charge in [0.2, 0.25) is 0 Å². The van der Waals surface area contributed by atoms with Crippen LogP contribution >= 0.6 is 12.2 Å². The lowest BCUT2D eigenvalue weighted by atomic mass is 10.3. The van der Waals surface area contributed by atoms with Gasteiger partial charge in [0.1, 0.15) is 5.69 Å². The number of nitrogens with two attached hydrogens (primary N) is 1. The summed E-state index contributed by atoms with van der Waals surface area (Å²) in [6, 6.07) is 3.58. The van der Waals surface area contributed by atoms with Gasteiger partial charge in [-0.05, 0) is 31.3 Å². The first-order valence-corrected chi connectivity index (χ1v) is 3.99. The topological polar surface area (TPSA) is 76.2 Å². The van der Waals surface area contributed by atoms with Crippen LogP contribution < -0.4 is 11.2 Å². The number of hydrazone groups is 1. The van der Waals surface area contributed by atoms with E-state index in [9.17, 15) is 0 Å². The molecule has 0 unspecified atom stereocenters. The van der Waals surface area contributed by atoms with Gasteiger partial charge in [-0.3, -0.25) is 5.43 Å². The highest BCUT2D eigenvalue weighted by atomic mass is 32.1. The van der Waals surface area contributed by atoms with Gasteiger partial charge in [0, 0.05) is 6.20 Å². The molecule has 1 rings (SSSR count). The minimum Gasteiger partial charge on any atom is -0.375 e. The second-order valence-electron chi connectivity index (χ2n) is 2.28. The molecule has 1 aromatic heterocycles. The highest BCUT2D eigenvalue weighted by Gasteiger charge is 1.97. The number of rotatable bonds is 2. The number of hydrogen-bond donors (Lipinski definition) is 2. The molecule has 0 saturated heterocycles. The average Bonchev–Trinajstić information content (AvgIpc) is 2.15. The van der Waals surface area contributed by atoms with Crippen molar-refractivity contribution in [3.05, 3.63) is 24.0 Å². The number of thiocarbonyl (C=S) groups is 1. The Morgan fingerprint density at radius 2 is 2.46 bits per heavy atom. The molecule has 0 bridgehead atoms. The van der Waals surface area contributed by atoms with Crippen LogP contribution in [0.5, 0.6) is 0 Å². The largest absolute Gasteiger partial charge is 0.375 e. The van der Waals surface area contributed by atoms with Crippen LogP contribution in [0.25, 0.3) is 0 Å². The number of nitrogens with zero attached hydrogens (tertiary/aromatic N) is 3. The fourth-order valence-electron chi connectivity index (χ4n) is 0.691. The van der Waals surface area contributed by atoms with Crippen LogP contribution in [0.1, 0.15) is 12.6 Å². The predicted octanol–water partition coefficient (Wildman–Crippen LogP) is 0.0338. The Kier molecular flexibility index (Phi) is 3.27. The quantitative estimate of drug-likeness (QED) is 0.395. The molecule has 5 nitrogen and oxygen atoms in total. The smallest absolute Gasteiger partial charge is 0.184 e. The van der Waals surface area contributed by atoms with Crippen LogP contribution in [-0.2, 0) is 0 Å². The molecule has 3 N–H and O–H groups in total. The van der Waals surface area contributed by atoms with Gasteiger partial charge in [0.25, 0.3) is 0 Å². The molecule has 0 aliphatic heterocycles. The molecule has 0 aliphatic rings. The van der Waals surface area contributed by atoms with Gasteiger partial charge in [0.15, 0.2) is 5.11 Å². The molecule has 0 spiro atoms. The Morgan fingerprint density at radius 3 is 3.00 bits per heavy atom. The summed E-state index contributed by atoms with van der Waals surface area (Å²) in [5.41, 5.74) is 9.04. The van der Waals surface area contributed by atoms with E-state index >= 15 is 0 Å². The van der Waals surface area contributed by atoms with Crippen molar-refractivity contribution in [2.45, 2.75) is 6.92 Å². The zero-order chi connectivity index (χ0) is 9.68. The fourth-order valence-corrected chi connectivity index (χ4v) is 0.736. The van der Waals surface area contributed by atoms with E-state index in [1.807, 2.05) is 0 Å². The van der Waals surface area contributed by atoms with Crippen molar-refractivity contribution < 1.29 is 0 Å². The highest BCUT2D eigenvalue weighted by Crippen LogP contribution is 1.92. The monoisotopic (exact) mass is 195 g/mol. The first-order chi connectivity index (χ1) is 6.20. The van der Waals surface area contributed by atoms with Crippen molar-refractivity contribution >= 4 is 23.0 Å². The fraction of sp³-hybridized carbons (Fsp3) is 0.143. The van der Waals surface area contributed by atoms with Crippen LogP contribution in [0.15, 0.2) is 23.4 Å². The summed E-state index contributed by atoms with van der Waals surface area (Å²) in [5.74, 6) is 0. The minimum absolute atomic E-state index is 0.128. The van der Waals surface area contributed by atoms with Crippen molar-refractivity contribution in [2.24, 2.45) is 10.8 Å². The molecule has 0 amide bonds. The summed E-state index contributed by atoms with van der Waals surface area (Å²) in [6.45, 7) is 1.79. The van der Waals surface area contributed by atoms with E-state index in [1.54, 1.807) is 25.3 Å². The summed E-state index contributed by atoms with van der Waals surface area (Å²) in [6.07, 6.45) is 1.60. The summed E-state index contributed by atoms with van der Waals surface area (Å²) in [7, 11) is 0. The van der Waals surface area contributed by atoms with Gasteiger partial charge in [-0.2, -0.15) is 10.2 Å². The molecule has 0 aliphatic carbocycles. The van der Waals surface area contributed by atoms with E-state index in [-0.39, 0.29) is 5.11 Å². The molecule has 68 valence electrons. The third kappa shape index (κ3) is 3.12. The normalized spacial score (nSPS) is 11.0. The number of hydrogen-bond acceptors (Lipinski definition) is 4. The molecular formula is C7H9N5S. The first kappa shape index (κ1) is 9.53. The third-order valence-corrected chi connectivity index (χ3v) is 1.37. The standard InChI is InChI=1S/C7H9N5S/c1-5(10-12-7(8)13)6-3-2-4-9-11-6/h2-4H,1H3,(H3,8,12,13)/b10-5+. The number of aromatic nitrogens is 2. The molecule has 0 aromatic carbocycles. The molecule has 0 radical (unpaired) electrons. The van der Waals surface area contributed by atoms with Crippen molar-refractivity contribution in [1.82, 2.24) is 15.6 Å². The van der Waals surface area contributed by atoms with Gasteiger partial charge in [-0.15, -0.1) is 5.10 Å². The SMILES string of the molecule is C/C(=N\NC(N)=S)c1cccnn1. The average molecular weight is 195 g/mol. The van der Waals surface area contributed by atoms with Crippen LogP contribution in [0.2, 0.25) is 0 Å². The lowest BCUT2D eigenvalue weighted by Gasteiger charge is -1.98. The molecule has 0 atom stereocenters. The molecule has 13 heavy (non-hydrogen) atoms. The second-order valence-corrected chi connectivity index (χ2v) is 2.72. The van der Waals surface area contributed by atoms with E-state index < -0.39 is 0 Å². The van der Waals surface area contributed by atoms with Gasteiger partial charge < -0.3 is 5.73 Å². The summed E-state index contributed by atoms with van der Waals surface area (Å²) >= 11 is 4.59. The Labute approximate surface area is 81.0 Å². The summed E-state index contributed by atoms with van der Waals surface area (Å²) in [5, 5.41) is 11.6. The van der Waals surface area contributed by atoms with Crippen molar-refractivity contribution in [1.29, 1.82) is 0 Å². The zero-order valence-electron chi connectivity index (χ0n) is 7.06. The van der Waals surface area contributed by atoms with Gasteiger partial charge in [-0.1, -0.05) is 0 Å². The Balaban J connectivity index is 2.73. The van der Waals surface area contributed by atoms with Crippen LogP contribution in [0.3, 0.4) is 0 Å². The van der Waals surface area contributed by atoms with E-state index in [1.165, 1.54) is 0 Å². The summed E-state index contributed by atoms with van der Waals surface area (Å²) in [4.78, 5) is 0. The Hall–Kier alpha value is -1.56. The van der Waals surface area contributed by atoms with Gasteiger partial charge in [0.05, 0.1) is 5.71 Å². The molecule has 0 fully saturated rings. The second kappa shape index (κ2) is 4.46. The molecule has 0 saturated carbocycles. The zero-order valence-corrected chi connectivity index (χ0v) is 7.88. The van der Waals surface area contributed by atoms with E-state index in [4.69, 9.17) is 5.73 Å². The lowest BCUT2D eigenvalue weighted by molar-refractivity contribution is 0.988. The Bertz CT molecular complexity index is 321. The van der Waals surface area contributed by atoms with Gasteiger partial charge in [-0.25, -0.2) is 0 Å². The maximum atomic E-state index is 5.20. The van der Waals surface area contributed by atoms with Crippen molar-refractivity contribution in [3.8, 4) is 0 Å². The minimum atomic E-state index is 0.128. The first-order valence-electron chi connectivity index (χ1n) is 3.58. The maximum absolute atomic E-state index is 5.20. The van der Waals surface area contributed by atoms with Gasteiger partial charge >= 0.3 is 0 Å².